The van der Waals surface area contributed by atoms with Crippen molar-refractivity contribution in [1.29, 1.82) is 0 Å². The van der Waals surface area contributed by atoms with Crippen LogP contribution in [0.2, 0.25) is 0 Å². The standard InChI is InChI=1S/C37H25N5O7S4.2Na/c1-20-7-15-29-34(35(20)53(47,48)49)51-37(40-29)23-11-16-28-30(17-23)50-36(39-28)21-8-12-25(13-9-21)41-42-32-31(52(44,45)46)18-22-10-14-26(19-27(22)33(32)43)38-24-5-3-2-4-6-24;;/h2-19,38,43H,1H3,(H,44,45,46)(H,47,48,49);;. The van der Waals surface area contributed by atoms with Gasteiger partial charge in [-0.05, 0) is 96.7 Å². The van der Waals surface area contributed by atoms with E-state index in [-0.39, 0.29) is 64.0 Å². The topological polar surface area (TPSA) is 191 Å². The maximum absolute atomic E-state index is 12.3. The molecule has 0 fully saturated rings. The summed E-state index contributed by atoms with van der Waals surface area (Å²) in [6, 6.07) is 31.5. The number of nitrogens with zero attached hydrogens (tertiary/aromatic N) is 4. The van der Waals surface area contributed by atoms with Crippen LogP contribution in [-0.2, 0) is 20.2 Å². The molecule has 12 nitrogen and oxygen atoms in total. The van der Waals surface area contributed by atoms with Gasteiger partial charge in [0.25, 0.3) is 20.2 Å². The minimum Gasteiger partial charge on any atom is -0.505 e. The number of rotatable bonds is 8. The Kier molecular flexibility index (Phi) is 12.0. The largest absolute Gasteiger partial charge is 0.505 e. The van der Waals surface area contributed by atoms with E-state index in [1.54, 1.807) is 61.5 Å². The molecule has 2 aromatic heterocycles. The van der Waals surface area contributed by atoms with Gasteiger partial charge in [0.2, 0.25) is 0 Å². The minimum atomic E-state index is -4.78. The van der Waals surface area contributed by atoms with Gasteiger partial charge in [0.1, 0.15) is 25.5 Å². The molecule has 0 aliphatic heterocycles. The number of fused-ring (bicyclic) bond motifs is 3. The number of benzene rings is 6. The number of aromatic nitrogens is 2. The number of aryl methyl sites for hydroxylation is 1. The molecular weight excluding hydrogens is 801 g/mol. The van der Waals surface area contributed by atoms with Crippen molar-refractivity contribution < 1.29 is 31.0 Å². The smallest absolute Gasteiger partial charge is 0.296 e. The van der Waals surface area contributed by atoms with E-state index in [1.165, 1.54) is 28.7 Å². The number of anilines is 2. The Morgan fingerprint density at radius 2 is 1.35 bits per heavy atom. The molecule has 8 rings (SSSR count). The number of phenols is 1. The Bertz CT molecular complexity index is 3010. The molecule has 2 heterocycles. The molecule has 0 atom stereocenters. The molecule has 0 bridgehead atoms. The van der Waals surface area contributed by atoms with E-state index in [4.69, 9.17) is 4.98 Å². The maximum atomic E-state index is 12.3. The third kappa shape index (κ3) is 8.41. The van der Waals surface area contributed by atoms with Crippen molar-refractivity contribution in [2.24, 2.45) is 10.2 Å². The second-order valence-corrected chi connectivity index (χ2v) is 16.8. The summed E-state index contributed by atoms with van der Waals surface area (Å²) >= 11 is 2.63. The molecule has 55 heavy (non-hydrogen) atoms. The maximum Gasteiger partial charge on any atom is 0.296 e. The number of azo groups is 1. The van der Waals surface area contributed by atoms with Crippen molar-refractivity contribution in [3.63, 3.8) is 0 Å². The van der Waals surface area contributed by atoms with Crippen LogP contribution < -0.4 is 5.32 Å². The second-order valence-electron chi connectivity index (χ2n) is 12.0. The predicted octanol–water partition coefficient (Wildman–Crippen LogP) is 9.30. The molecule has 0 amide bonds. The fourth-order valence-electron chi connectivity index (χ4n) is 5.87. The quantitative estimate of drug-likeness (QED) is 0.0652. The first-order valence-corrected chi connectivity index (χ1v) is 20.2. The van der Waals surface area contributed by atoms with Crippen LogP contribution in [0.4, 0.5) is 22.7 Å². The van der Waals surface area contributed by atoms with E-state index < -0.39 is 36.6 Å². The van der Waals surface area contributed by atoms with E-state index in [1.807, 2.05) is 48.5 Å². The molecular formula is C37H25N5Na2O7S4. The fourth-order valence-corrected chi connectivity index (χ4v) is 9.85. The summed E-state index contributed by atoms with van der Waals surface area (Å²) in [6.07, 6.45) is 0. The van der Waals surface area contributed by atoms with Crippen LogP contribution in [0.15, 0.2) is 129 Å². The van der Waals surface area contributed by atoms with Crippen molar-refractivity contribution in [3.05, 3.63) is 115 Å². The molecule has 266 valence electrons. The number of thiazole rings is 2. The third-order valence-corrected chi connectivity index (χ3v) is 12.6. The summed E-state index contributed by atoms with van der Waals surface area (Å²) in [7, 11) is -9.22. The molecule has 0 spiro atoms. The van der Waals surface area contributed by atoms with E-state index in [0.29, 0.717) is 42.9 Å². The molecule has 18 heteroatoms. The monoisotopic (exact) mass is 825 g/mol. The van der Waals surface area contributed by atoms with Crippen LogP contribution in [-0.4, -0.2) is 100 Å². The van der Waals surface area contributed by atoms with E-state index in [2.05, 4.69) is 20.5 Å². The number of nitrogens with one attached hydrogen (secondary N) is 1. The van der Waals surface area contributed by atoms with E-state index in [9.17, 15) is 31.0 Å². The molecule has 0 aliphatic rings. The molecule has 0 unspecified atom stereocenters. The summed E-state index contributed by atoms with van der Waals surface area (Å²) in [6.45, 7) is 1.62. The van der Waals surface area contributed by atoms with E-state index in [0.717, 1.165) is 32.0 Å². The van der Waals surface area contributed by atoms with Crippen LogP contribution in [0.5, 0.6) is 5.75 Å². The Hall–Kier alpha value is -3.62. The van der Waals surface area contributed by atoms with Gasteiger partial charge in [-0.1, -0.05) is 30.3 Å². The van der Waals surface area contributed by atoms with Gasteiger partial charge in [-0.3, -0.25) is 9.11 Å². The third-order valence-electron chi connectivity index (χ3n) is 8.38. The Balaban J connectivity index is 0.00000257. The van der Waals surface area contributed by atoms with Gasteiger partial charge in [0.05, 0.1) is 26.1 Å². The number of hydrogen-bond donors (Lipinski definition) is 4. The van der Waals surface area contributed by atoms with Crippen molar-refractivity contribution in [2.75, 3.05) is 5.32 Å². The first kappa shape index (κ1) is 41.0. The molecule has 8 aromatic rings. The van der Waals surface area contributed by atoms with Gasteiger partial charge >= 0.3 is 0 Å². The van der Waals surface area contributed by atoms with Crippen molar-refractivity contribution >= 4 is 156 Å². The first-order chi connectivity index (χ1) is 25.3. The summed E-state index contributed by atoms with van der Waals surface area (Å²) in [5, 5.41) is 24.7. The van der Waals surface area contributed by atoms with Gasteiger partial charge in [-0.15, -0.1) is 27.8 Å². The van der Waals surface area contributed by atoms with Crippen LogP contribution in [0.1, 0.15) is 5.56 Å². The van der Waals surface area contributed by atoms with Crippen LogP contribution in [0.25, 0.3) is 52.3 Å². The summed E-state index contributed by atoms with van der Waals surface area (Å²) in [4.78, 5) is 8.66. The molecule has 6 aromatic carbocycles. The average Bonchev–Trinajstić information content (AvgIpc) is 3.75. The van der Waals surface area contributed by atoms with Crippen LogP contribution in [0, 0.1) is 6.92 Å². The fraction of sp³-hybridized carbons (Fsp3) is 0.0270. The van der Waals surface area contributed by atoms with E-state index >= 15 is 0 Å². The zero-order valence-electron chi connectivity index (χ0n) is 29.3. The Morgan fingerprint density at radius 1 is 0.673 bits per heavy atom. The van der Waals surface area contributed by atoms with Crippen molar-refractivity contribution in [3.8, 4) is 26.9 Å². The molecule has 4 N–H and O–H groups in total. The molecule has 0 aliphatic carbocycles. The van der Waals surface area contributed by atoms with Gasteiger partial charge in [0, 0.05) is 87.0 Å². The second kappa shape index (κ2) is 16.1. The zero-order valence-corrected chi connectivity index (χ0v) is 36.6. The first-order valence-electron chi connectivity index (χ1n) is 15.7. The Morgan fingerprint density at radius 3 is 2.05 bits per heavy atom. The van der Waals surface area contributed by atoms with Gasteiger partial charge in [-0.2, -0.15) is 21.9 Å². The minimum absolute atomic E-state index is 0. The van der Waals surface area contributed by atoms with Crippen LogP contribution in [0.3, 0.4) is 0 Å². The summed E-state index contributed by atoms with van der Waals surface area (Å²) in [5.74, 6) is -0.458. The molecule has 0 saturated carbocycles. The normalized spacial score (nSPS) is 11.9. The van der Waals surface area contributed by atoms with Gasteiger partial charge in [0.15, 0.2) is 5.75 Å². The number of aromatic hydroxyl groups is 1. The molecule has 2 radical (unpaired) electrons. The SMILES string of the molecule is Cc1ccc2nc(-c3ccc4nc(-c5ccc(N=Nc6c(S(=O)(=O)O)cc7ccc(Nc8ccccc8)cc7c6O)cc5)sc4c3)sc2c1S(=O)(=O)O.[Na].[Na]. The van der Waals surface area contributed by atoms with Crippen LogP contribution >= 0.6 is 22.7 Å². The van der Waals surface area contributed by atoms with Gasteiger partial charge < -0.3 is 10.4 Å². The zero-order chi connectivity index (χ0) is 37.1. The van der Waals surface area contributed by atoms with Crippen molar-refractivity contribution in [1.82, 2.24) is 9.97 Å². The summed E-state index contributed by atoms with van der Waals surface area (Å²) < 4.78 is 69.9. The number of phenolic OH excluding ortho intramolecular Hbond substituents is 1. The predicted molar refractivity (Wildman–Crippen MR) is 219 cm³/mol. The van der Waals surface area contributed by atoms with Crippen molar-refractivity contribution in [2.45, 2.75) is 16.7 Å². The summed E-state index contributed by atoms with van der Waals surface area (Å²) in [5.41, 5.74) is 4.63. The average molecular weight is 826 g/mol. The number of para-hydroxylation sites is 1. The number of hydrogen-bond acceptors (Lipinski definition) is 12. The van der Waals surface area contributed by atoms with Gasteiger partial charge in [-0.25, -0.2) is 9.97 Å². The molecule has 0 saturated heterocycles. The Labute approximate surface area is 367 Å².